The van der Waals surface area contributed by atoms with Gasteiger partial charge < -0.3 is 9.47 Å². The Morgan fingerprint density at radius 3 is 2.32 bits per heavy atom. The van der Waals surface area contributed by atoms with Crippen LogP contribution in [-0.4, -0.2) is 13.1 Å². The number of hydrogen-bond acceptors (Lipinski definition) is 3. The Morgan fingerprint density at radius 1 is 1.00 bits per heavy atom. The van der Waals surface area contributed by atoms with Gasteiger partial charge in [-0.3, -0.25) is 0 Å². The number of carbonyl (C=O) groups excluding carboxylic acids is 1. The van der Waals surface area contributed by atoms with E-state index in [-0.39, 0.29) is 5.75 Å². The first-order valence-electron chi connectivity index (χ1n) is 8.26. The van der Waals surface area contributed by atoms with Crippen molar-refractivity contribution in [3.8, 4) is 11.5 Å². The Labute approximate surface area is 145 Å². The van der Waals surface area contributed by atoms with E-state index in [4.69, 9.17) is 4.74 Å². The third kappa shape index (κ3) is 3.81. The van der Waals surface area contributed by atoms with Crippen molar-refractivity contribution in [2.75, 3.05) is 7.11 Å². The molecule has 5 heteroatoms. The predicted molar refractivity (Wildman–Crippen MR) is 89.8 cm³/mol. The minimum absolute atomic E-state index is 0.261. The second kappa shape index (κ2) is 7.64. The Bertz CT molecular complexity index is 750. The van der Waals surface area contributed by atoms with Crippen molar-refractivity contribution in [2.45, 2.75) is 31.6 Å². The predicted octanol–water partition coefficient (Wildman–Crippen LogP) is 5.05. The molecule has 0 unspecified atom stereocenters. The Hall–Kier alpha value is -2.43. The molecule has 2 aromatic rings. The van der Waals surface area contributed by atoms with E-state index >= 15 is 0 Å². The molecule has 0 amide bonds. The maximum Gasteiger partial charge on any atom is 0.346 e. The number of ether oxygens (including phenoxy) is 2. The number of carbonyl (C=O) groups is 1. The average molecular weight is 345 g/mol. The summed E-state index contributed by atoms with van der Waals surface area (Å²) < 4.78 is 37.5. The standard InChI is InChI=1S/C20H19F2O3/c1-24-17-12-11-16(18(21)19(17)22)20(23)25-15-9-7-14(8-10-15)13-5-3-2-4-6-13/h2,7-13H,3-6H2,1H3. The molecule has 0 heterocycles. The zero-order chi connectivity index (χ0) is 17.8. The summed E-state index contributed by atoms with van der Waals surface area (Å²) in [5, 5.41) is 0. The zero-order valence-electron chi connectivity index (χ0n) is 13.9. The van der Waals surface area contributed by atoms with Gasteiger partial charge in [0.25, 0.3) is 0 Å². The van der Waals surface area contributed by atoms with Gasteiger partial charge in [-0.25, -0.2) is 9.18 Å². The summed E-state index contributed by atoms with van der Waals surface area (Å²) in [5.74, 6) is -2.88. The Balaban J connectivity index is 1.72. The molecule has 0 spiro atoms. The van der Waals surface area contributed by atoms with Gasteiger partial charge in [0, 0.05) is 0 Å². The summed E-state index contributed by atoms with van der Waals surface area (Å²) in [6, 6.07) is 9.55. The van der Waals surface area contributed by atoms with E-state index in [2.05, 4.69) is 11.2 Å². The average Bonchev–Trinajstić information content (AvgIpc) is 2.65. The van der Waals surface area contributed by atoms with Gasteiger partial charge in [0.2, 0.25) is 5.82 Å². The highest BCUT2D eigenvalue weighted by molar-refractivity contribution is 5.91. The highest BCUT2D eigenvalue weighted by Crippen LogP contribution is 2.33. The minimum Gasteiger partial charge on any atom is -0.494 e. The molecule has 3 nitrogen and oxygen atoms in total. The van der Waals surface area contributed by atoms with E-state index in [9.17, 15) is 13.6 Å². The second-order valence-corrected chi connectivity index (χ2v) is 6.04. The molecule has 1 radical (unpaired) electrons. The quantitative estimate of drug-likeness (QED) is 0.574. The first-order valence-corrected chi connectivity index (χ1v) is 8.26. The van der Waals surface area contributed by atoms with Crippen LogP contribution >= 0.6 is 0 Å². The van der Waals surface area contributed by atoms with Gasteiger partial charge in [-0.05, 0) is 67.9 Å². The van der Waals surface area contributed by atoms with Crippen LogP contribution in [0.5, 0.6) is 11.5 Å². The fraction of sp³-hybridized carbons (Fsp3) is 0.300. The van der Waals surface area contributed by atoms with Crippen molar-refractivity contribution in [1.29, 1.82) is 0 Å². The first-order chi connectivity index (χ1) is 12.1. The number of rotatable bonds is 4. The fourth-order valence-corrected chi connectivity index (χ4v) is 3.08. The normalized spacial score (nSPS) is 15.0. The summed E-state index contributed by atoms with van der Waals surface area (Å²) in [4.78, 5) is 12.1. The van der Waals surface area contributed by atoms with Crippen LogP contribution in [0.25, 0.3) is 0 Å². The molecule has 1 saturated carbocycles. The topological polar surface area (TPSA) is 35.5 Å². The number of esters is 1. The molecule has 1 fully saturated rings. The molecule has 3 rings (SSSR count). The van der Waals surface area contributed by atoms with Crippen LogP contribution in [0.3, 0.4) is 0 Å². The van der Waals surface area contributed by atoms with Crippen LogP contribution in [0.1, 0.15) is 47.5 Å². The highest BCUT2D eigenvalue weighted by atomic mass is 19.2. The van der Waals surface area contributed by atoms with E-state index in [1.54, 1.807) is 12.1 Å². The van der Waals surface area contributed by atoms with Gasteiger partial charge >= 0.3 is 5.97 Å². The SMILES string of the molecule is COc1ccc(C(=O)Oc2ccc(C3CC[CH]CC3)cc2)c(F)c1F. The molecule has 1 aliphatic carbocycles. The summed E-state index contributed by atoms with van der Waals surface area (Å²) in [7, 11) is 1.22. The molecule has 0 N–H and O–H groups in total. The molecular formula is C20H19F2O3. The van der Waals surface area contributed by atoms with E-state index < -0.39 is 23.2 Å². The van der Waals surface area contributed by atoms with Gasteiger partial charge in [0.1, 0.15) is 5.75 Å². The molecule has 1 aliphatic rings. The molecule has 0 atom stereocenters. The largest absolute Gasteiger partial charge is 0.494 e. The van der Waals surface area contributed by atoms with Crippen molar-refractivity contribution < 1.29 is 23.0 Å². The van der Waals surface area contributed by atoms with E-state index in [0.717, 1.165) is 31.7 Å². The lowest BCUT2D eigenvalue weighted by molar-refractivity contribution is 0.0728. The zero-order valence-corrected chi connectivity index (χ0v) is 13.9. The molecule has 25 heavy (non-hydrogen) atoms. The van der Waals surface area contributed by atoms with E-state index in [1.165, 1.54) is 18.7 Å². The summed E-state index contributed by atoms with van der Waals surface area (Å²) in [5.41, 5.74) is 0.736. The van der Waals surface area contributed by atoms with Crippen molar-refractivity contribution in [2.24, 2.45) is 0 Å². The van der Waals surface area contributed by atoms with Crippen molar-refractivity contribution in [3.63, 3.8) is 0 Å². The summed E-state index contributed by atoms with van der Waals surface area (Å²) in [6.45, 7) is 0. The highest BCUT2D eigenvalue weighted by Gasteiger charge is 2.21. The maximum absolute atomic E-state index is 14.0. The van der Waals surface area contributed by atoms with Crippen molar-refractivity contribution >= 4 is 5.97 Å². The molecule has 0 aliphatic heterocycles. The molecule has 131 valence electrons. The minimum atomic E-state index is -1.28. The van der Waals surface area contributed by atoms with Crippen LogP contribution in [0.4, 0.5) is 8.78 Å². The monoisotopic (exact) mass is 345 g/mol. The molecule has 0 bridgehead atoms. The summed E-state index contributed by atoms with van der Waals surface area (Å²) in [6.07, 6.45) is 6.77. The third-order valence-electron chi connectivity index (χ3n) is 4.49. The molecule has 2 aromatic carbocycles. The third-order valence-corrected chi connectivity index (χ3v) is 4.49. The maximum atomic E-state index is 14.0. The van der Waals surface area contributed by atoms with Crippen molar-refractivity contribution in [3.05, 3.63) is 65.6 Å². The number of methoxy groups -OCH3 is 1. The van der Waals surface area contributed by atoms with Crippen LogP contribution in [0.15, 0.2) is 36.4 Å². The van der Waals surface area contributed by atoms with Gasteiger partial charge in [0.15, 0.2) is 11.6 Å². The molecule has 0 aromatic heterocycles. The number of benzene rings is 2. The van der Waals surface area contributed by atoms with Crippen LogP contribution in [0, 0.1) is 18.1 Å². The molecule has 0 saturated heterocycles. The van der Waals surface area contributed by atoms with Gasteiger partial charge in [-0.15, -0.1) is 0 Å². The van der Waals surface area contributed by atoms with Crippen LogP contribution in [-0.2, 0) is 0 Å². The lowest BCUT2D eigenvalue weighted by Gasteiger charge is -2.21. The Kier molecular flexibility index (Phi) is 5.31. The van der Waals surface area contributed by atoms with Gasteiger partial charge in [0.05, 0.1) is 12.7 Å². The smallest absolute Gasteiger partial charge is 0.346 e. The number of halogens is 2. The first kappa shape index (κ1) is 17.4. The van der Waals surface area contributed by atoms with Gasteiger partial charge in [-0.1, -0.05) is 12.1 Å². The van der Waals surface area contributed by atoms with E-state index in [0.29, 0.717) is 11.7 Å². The Morgan fingerprint density at radius 2 is 1.68 bits per heavy atom. The van der Waals surface area contributed by atoms with Crippen LogP contribution < -0.4 is 9.47 Å². The van der Waals surface area contributed by atoms with Gasteiger partial charge in [-0.2, -0.15) is 4.39 Å². The lowest BCUT2D eigenvalue weighted by atomic mass is 9.84. The molecular weight excluding hydrogens is 326 g/mol. The van der Waals surface area contributed by atoms with Crippen molar-refractivity contribution in [1.82, 2.24) is 0 Å². The second-order valence-electron chi connectivity index (χ2n) is 6.04. The fourth-order valence-electron chi connectivity index (χ4n) is 3.08. The van der Waals surface area contributed by atoms with Crippen LogP contribution in [0.2, 0.25) is 0 Å². The van der Waals surface area contributed by atoms with E-state index in [1.807, 2.05) is 12.1 Å². The number of hydrogen-bond donors (Lipinski definition) is 0. The summed E-state index contributed by atoms with van der Waals surface area (Å²) >= 11 is 0. The lowest BCUT2D eigenvalue weighted by Crippen LogP contribution is -2.12.